The zero-order valence-electron chi connectivity index (χ0n) is 15.1. The normalized spacial score (nSPS) is 11.3. The summed E-state index contributed by atoms with van der Waals surface area (Å²) in [5, 5.41) is 21.8. The Morgan fingerprint density at radius 1 is 0.536 bits per heavy atom. The van der Waals surface area contributed by atoms with Crippen LogP contribution in [0, 0.1) is 0 Å². The fourth-order valence-corrected chi connectivity index (χ4v) is 4.32. The summed E-state index contributed by atoms with van der Waals surface area (Å²) in [5.41, 5.74) is 2.43. The van der Waals surface area contributed by atoms with Gasteiger partial charge < -0.3 is 10.2 Å². The lowest BCUT2D eigenvalue weighted by Crippen LogP contribution is -2.31. The molecule has 0 radical (unpaired) electrons. The molecule has 0 heterocycles. The van der Waals surface area contributed by atoms with Gasteiger partial charge in [-0.3, -0.25) is 0 Å². The van der Waals surface area contributed by atoms with E-state index >= 15 is 0 Å². The summed E-state index contributed by atoms with van der Waals surface area (Å²) in [4.78, 5) is 0. The predicted molar refractivity (Wildman–Crippen MR) is 116 cm³/mol. The molecule has 138 valence electrons. The van der Waals surface area contributed by atoms with Gasteiger partial charge in [-0.1, -0.05) is 94.8 Å². The number of rotatable bonds is 4. The van der Waals surface area contributed by atoms with Crippen LogP contribution in [0.3, 0.4) is 0 Å². The van der Waals surface area contributed by atoms with Crippen molar-refractivity contribution in [1.29, 1.82) is 0 Å². The largest absolute Gasteiger partial charge is 0.508 e. The van der Waals surface area contributed by atoms with E-state index < -0.39 is 5.41 Å². The Bertz CT molecular complexity index is 1060. The quantitative estimate of drug-likeness (QED) is 0.376. The summed E-state index contributed by atoms with van der Waals surface area (Å²) in [5.74, 6) is 0.351. The van der Waals surface area contributed by atoms with E-state index in [9.17, 15) is 10.2 Å². The Hall–Kier alpha value is -3.04. The lowest BCUT2D eigenvalue weighted by molar-refractivity contribution is 0.447. The second kappa shape index (κ2) is 7.53. The topological polar surface area (TPSA) is 40.5 Å². The minimum Gasteiger partial charge on any atom is -0.508 e. The molecule has 0 aromatic heterocycles. The Labute approximate surface area is 172 Å². The highest BCUT2D eigenvalue weighted by Crippen LogP contribution is 2.50. The van der Waals surface area contributed by atoms with Crippen molar-refractivity contribution in [2.45, 2.75) is 5.41 Å². The van der Waals surface area contributed by atoms with Crippen LogP contribution < -0.4 is 0 Å². The summed E-state index contributed by atoms with van der Waals surface area (Å²) in [6, 6.07) is 32.6. The first-order valence-corrected chi connectivity index (χ1v) is 9.82. The molecule has 2 N–H and O–H groups in total. The van der Waals surface area contributed by atoms with Crippen LogP contribution in [0.5, 0.6) is 11.5 Å². The van der Waals surface area contributed by atoms with Crippen molar-refractivity contribution in [3.63, 3.8) is 0 Å². The van der Waals surface area contributed by atoms with Crippen LogP contribution in [0.1, 0.15) is 22.3 Å². The number of benzene rings is 4. The molecule has 28 heavy (non-hydrogen) atoms. The van der Waals surface area contributed by atoms with Gasteiger partial charge in [0.15, 0.2) is 0 Å². The van der Waals surface area contributed by atoms with E-state index in [-0.39, 0.29) is 11.5 Å². The highest BCUT2D eigenvalue weighted by atomic mass is 79.9. The third-order valence-corrected chi connectivity index (χ3v) is 5.57. The monoisotopic (exact) mass is 430 g/mol. The van der Waals surface area contributed by atoms with Crippen molar-refractivity contribution < 1.29 is 10.2 Å². The van der Waals surface area contributed by atoms with Crippen molar-refractivity contribution in [1.82, 2.24) is 0 Å². The van der Waals surface area contributed by atoms with Crippen molar-refractivity contribution in [3.05, 3.63) is 130 Å². The van der Waals surface area contributed by atoms with Gasteiger partial charge in [0, 0.05) is 15.6 Å². The molecule has 0 unspecified atom stereocenters. The number of phenols is 2. The van der Waals surface area contributed by atoms with Crippen LogP contribution in [-0.4, -0.2) is 10.2 Å². The van der Waals surface area contributed by atoms with Gasteiger partial charge >= 0.3 is 0 Å². The predicted octanol–water partition coefficient (Wildman–Crippen LogP) is 6.24. The number of hydrogen-bond acceptors (Lipinski definition) is 2. The van der Waals surface area contributed by atoms with Gasteiger partial charge in [-0.25, -0.2) is 0 Å². The van der Waals surface area contributed by atoms with Crippen LogP contribution in [0.4, 0.5) is 0 Å². The van der Waals surface area contributed by atoms with Crippen LogP contribution in [0.2, 0.25) is 0 Å². The first-order chi connectivity index (χ1) is 13.6. The summed E-state index contributed by atoms with van der Waals surface area (Å²) in [6.07, 6.45) is 0. The lowest BCUT2D eigenvalue weighted by Gasteiger charge is -2.37. The van der Waals surface area contributed by atoms with Gasteiger partial charge in [-0.05, 0) is 35.4 Å². The molecule has 0 aliphatic rings. The first-order valence-electron chi connectivity index (χ1n) is 9.02. The van der Waals surface area contributed by atoms with Gasteiger partial charge in [0.2, 0.25) is 0 Å². The molecular formula is C25H19BrO2. The summed E-state index contributed by atoms with van der Waals surface area (Å²) < 4.78 is 0.927. The average Bonchev–Trinajstić information content (AvgIpc) is 2.72. The van der Waals surface area contributed by atoms with Crippen molar-refractivity contribution in [2.24, 2.45) is 0 Å². The average molecular weight is 431 g/mol. The fraction of sp³-hybridized carbons (Fsp3) is 0.0400. The van der Waals surface area contributed by atoms with Gasteiger partial charge in [0.25, 0.3) is 0 Å². The number of para-hydroxylation sites is 2. The molecule has 3 heteroatoms. The van der Waals surface area contributed by atoms with E-state index in [1.165, 1.54) is 0 Å². The Morgan fingerprint density at radius 3 is 1.57 bits per heavy atom. The van der Waals surface area contributed by atoms with E-state index in [2.05, 4.69) is 15.9 Å². The number of phenolic OH excluding ortho intramolecular Hbond substituents is 2. The zero-order valence-corrected chi connectivity index (χ0v) is 16.7. The summed E-state index contributed by atoms with van der Waals surface area (Å²) in [6.45, 7) is 0. The molecule has 0 amide bonds. The second-order valence-electron chi connectivity index (χ2n) is 6.66. The van der Waals surface area contributed by atoms with E-state index in [1.54, 1.807) is 24.3 Å². The molecule has 0 atom stereocenters. The third-order valence-electron chi connectivity index (χ3n) is 5.08. The standard InChI is InChI=1S/C25H19BrO2/c26-20-12-8-11-19(17-20)25(18-9-2-1-3-10-18,21-13-4-6-15-23(21)27)22-14-5-7-16-24(22)28/h1-17,27-28H. The smallest absolute Gasteiger partial charge is 0.120 e. The van der Waals surface area contributed by atoms with E-state index in [4.69, 9.17) is 0 Å². The highest BCUT2D eigenvalue weighted by Gasteiger charge is 2.42. The van der Waals surface area contributed by atoms with Crippen molar-refractivity contribution in [3.8, 4) is 11.5 Å². The molecule has 2 nitrogen and oxygen atoms in total. The maximum atomic E-state index is 10.9. The van der Waals surface area contributed by atoms with Gasteiger partial charge in [-0.2, -0.15) is 0 Å². The molecule has 4 aromatic carbocycles. The van der Waals surface area contributed by atoms with Gasteiger partial charge in [0.1, 0.15) is 11.5 Å². The molecule has 0 saturated heterocycles. The SMILES string of the molecule is Oc1ccccc1C(c1ccccc1)(c1cccc(Br)c1)c1ccccc1O. The molecule has 0 aliphatic carbocycles. The highest BCUT2D eigenvalue weighted by molar-refractivity contribution is 9.10. The van der Waals surface area contributed by atoms with Crippen LogP contribution in [0.25, 0.3) is 0 Å². The number of halogens is 1. The second-order valence-corrected chi connectivity index (χ2v) is 7.58. The third kappa shape index (κ3) is 2.98. The van der Waals surface area contributed by atoms with E-state index in [0.717, 1.165) is 15.6 Å². The molecule has 0 saturated carbocycles. The maximum absolute atomic E-state index is 10.9. The Morgan fingerprint density at radius 2 is 1.04 bits per heavy atom. The molecule has 4 aromatic rings. The molecule has 0 bridgehead atoms. The Kier molecular flexibility index (Phi) is 4.93. The molecular weight excluding hydrogens is 412 g/mol. The van der Waals surface area contributed by atoms with Gasteiger partial charge in [0.05, 0.1) is 5.41 Å². The zero-order chi connectivity index (χ0) is 19.6. The van der Waals surface area contributed by atoms with Gasteiger partial charge in [-0.15, -0.1) is 0 Å². The van der Waals surface area contributed by atoms with E-state index in [1.807, 2.05) is 78.9 Å². The van der Waals surface area contributed by atoms with Crippen LogP contribution >= 0.6 is 15.9 Å². The Balaban J connectivity index is 2.22. The minimum atomic E-state index is -0.887. The lowest BCUT2D eigenvalue weighted by atomic mass is 9.64. The van der Waals surface area contributed by atoms with E-state index in [0.29, 0.717) is 11.1 Å². The van der Waals surface area contributed by atoms with Crippen LogP contribution in [-0.2, 0) is 5.41 Å². The number of hydrogen-bond donors (Lipinski definition) is 2. The minimum absolute atomic E-state index is 0.176. The summed E-state index contributed by atoms with van der Waals surface area (Å²) >= 11 is 3.58. The number of aromatic hydroxyl groups is 2. The van der Waals surface area contributed by atoms with Crippen LogP contribution in [0.15, 0.2) is 108 Å². The molecule has 0 fully saturated rings. The maximum Gasteiger partial charge on any atom is 0.120 e. The summed E-state index contributed by atoms with van der Waals surface area (Å²) in [7, 11) is 0. The van der Waals surface area contributed by atoms with Crippen molar-refractivity contribution >= 4 is 15.9 Å². The fourth-order valence-electron chi connectivity index (χ4n) is 3.93. The molecule has 0 spiro atoms. The first kappa shape index (κ1) is 18.3. The van der Waals surface area contributed by atoms with Crippen molar-refractivity contribution in [2.75, 3.05) is 0 Å². The molecule has 4 rings (SSSR count). The molecule has 0 aliphatic heterocycles.